The standard InChI is InChI=1S/C11H14ClNOS/c1-2-3-4-8-15-11-9(10(12)14)6-5-7-13-11/h5-7H,2-4,8H2,1H3. The molecular weight excluding hydrogens is 230 g/mol. The normalized spacial score (nSPS) is 10.3. The van der Waals surface area contributed by atoms with Gasteiger partial charge >= 0.3 is 0 Å². The number of halogens is 1. The predicted molar refractivity (Wildman–Crippen MR) is 64.7 cm³/mol. The number of nitrogens with zero attached hydrogens (tertiary/aromatic N) is 1. The van der Waals surface area contributed by atoms with Gasteiger partial charge in [-0.2, -0.15) is 0 Å². The van der Waals surface area contributed by atoms with Crippen molar-refractivity contribution in [1.82, 2.24) is 4.98 Å². The Labute approximate surface area is 99.4 Å². The Kier molecular flexibility index (Phi) is 5.73. The molecule has 0 radical (unpaired) electrons. The first kappa shape index (κ1) is 12.5. The smallest absolute Gasteiger partial charge is 0.255 e. The van der Waals surface area contributed by atoms with Crippen LogP contribution in [0.2, 0.25) is 0 Å². The number of pyridine rings is 1. The number of thioether (sulfide) groups is 1. The first-order chi connectivity index (χ1) is 7.25. The summed E-state index contributed by atoms with van der Waals surface area (Å²) in [4.78, 5) is 15.2. The summed E-state index contributed by atoms with van der Waals surface area (Å²) in [6.07, 6.45) is 5.24. The van der Waals surface area contributed by atoms with E-state index in [0.29, 0.717) is 5.56 Å². The van der Waals surface area contributed by atoms with Crippen molar-refractivity contribution in [2.24, 2.45) is 0 Å². The molecule has 0 aliphatic rings. The molecule has 0 aliphatic heterocycles. The van der Waals surface area contributed by atoms with Crippen LogP contribution in [0.5, 0.6) is 0 Å². The van der Waals surface area contributed by atoms with Gasteiger partial charge < -0.3 is 0 Å². The Balaban J connectivity index is 2.56. The summed E-state index contributed by atoms with van der Waals surface area (Å²) in [6, 6.07) is 3.44. The molecule has 0 amide bonds. The third-order valence-electron chi connectivity index (χ3n) is 1.97. The maximum absolute atomic E-state index is 11.1. The average Bonchev–Trinajstić information content (AvgIpc) is 2.25. The van der Waals surface area contributed by atoms with E-state index in [9.17, 15) is 4.79 Å². The minimum Gasteiger partial charge on any atom is -0.276 e. The SMILES string of the molecule is CCCCCSc1ncccc1C(=O)Cl. The minimum absolute atomic E-state index is 0.430. The molecule has 0 atom stereocenters. The molecule has 82 valence electrons. The summed E-state index contributed by atoms with van der Waals surface area (Å²) < 4.78 is 0. The van der Waals surface area contributed by atoms with E-state index in [1.165, 1.54) is 12.8 Å². The highest BCUT2D eigenvalue weighted by atomic mass is 35.5. The molecule has 0 N–H and O–H groups in total. The van der Waals surface area contributed by atoms with Gasteiger partial charge in [0.2, 0.25) is 0 Å². The number of aromatic nitrogens is 1. The topological polar surface area (TPSA) is 30.0 Å². The van der Waals surface area contributed by atoms with Gasteiger partial charge in [0.25, 0.3) is 5.24 Å². The molecule has 1 heterocycles. The van der Waals surface area contributed by atoms with Crippen LogP contribution in [0, 0.1) is 0 Å². The van der Waals surface area contributed by atoms with E-state index in [1.54, 1.807) is 30.1 Å². The van der Waals surface area contributed by atoms with Crippen molar-refractivity contribution >= 4 is 28.6 Å². The van der Waals surface area contributed by atoms with Gasteiger partial charge in [0.1, 0.15) is 5.03 Å². The minimum atomic E-state index is -0.430. The lowest BCUT2D eigenvalue weighted by atomic mass is 10.3. The van der Waals surface area contributed by atoms with Crippen molar-refractivity contribution < 1.29 is 4.79 Å². The Hall–Kier alpha value is -0.540. The zero-order chi connectivity index (χ0) is 11.1. The molecule has 0 spiro atoms. The fourth-order valence-electron chi connectivity index (χ4n) is 1.18. The van der Waals surface area contributed by atoms with Crippen molar-refractivity contribution in [3.8, 4) is 0 Å². The van der Waals surface area contributed by atoms with Gasteiger partial charge in [-0.05, 0) is 35.9 Å². The highest BCUT2D eigenvalue weighted by Crippen LogP contribution is 2.22. The van der Waals surface area contributed by atoms with Crippen LogP contribution in [0.4, 0.5) is 0 Å². The average molecular weight is 244 g/mol. The van der Waals surface area contributed by atoms with Crippen molar-refractivity contribution in [3.05, 3.63) is 23.9 Å². The van der Waals surface area contributed by atoms with Gasteiger partial charge in [-0.3, -0.25) is 4.79 Å². The molecule has 0 fully saturated rings. The van der Waals surface area contributed by atoms with Crippen molar-refractivity contribution in [2.45, 2.75) is 31.2 Å². The number of carbonyl (C=O) groups excluding carboxylic acids is 1. The van der Waals surface area contributed by atoms with E-state index >= 15 is 0 Å². The van der Waals surface area contributed by atoms with Gasteiger partial charge in [-0.25, -0.2) is 4.98 Å². The maximum Gasteiger partial charge on any atom is 0.255 e. The van der Waals surface area contributed by atoms with E-state index in [1.807, 2.05) is 0 Å². The molecule has 1 rings (SSSR count). The molecule has 0 saturated carbocycles. The van der Waals surface area contributed by atoms with Crippen LogP contribution >= 0.6 is 23.4 Å². The summed E-state index contributed by atoms with van der Waals surface area (Å²) in [5, 5.41) is 0.315. The molecular formula is C11H14ClNOS. The van der Waals surface area contributed by atoms with E-state index in [0.717, 1.165) is 17.2 Å². The molecule has 0 saturated heterocycles. The number of unbranched alkanes of at least 4 members (excludes halogenated alkanes) is 2. The van der Waals surface area contributed by atoms with Crippen LogP contribution in [-0.4, -0.2) is 16.0 Å². The predicted octanol–water partition coefficient (Wildman–Crippen LogP) is 3.74. The molecule has 0 aromatic carbocycles. The van der Waals surface area contributed by atoms with Gasteiger partial charge in [-0.1, -0.05) is 19.8 Å². The molecule has 0 bridgehead atoms. The Bertz CT molecular complexity index is 330. The zero-order valence-electron chi connectivity index (χ0n) is 8.70. The lowest BCUT2D eigenvalue weighted by molar-refractivity contribution is 0.107. The lowest BCUT2D eigenvalue weighted by Gasteiger charge is -2.03. The summed E-state index contributed by atoms with van der Waals surface area (Å²) >= 11 is 7.06. The van der Waals surface area contributed by atoms with Crippen LogP contribution in [0.1, 0.15) is 36.5 Å². The van der Waals surface area contributed by atoms with Gasteiger partial charge in [0.15, 0.2) is 0 Å². The van der Waals surface area contributed by atoms with E-state index in [4.69, 9.17) is 11.6 Å². The largest absolute Gasteiger partial charge is 0.276 e. The first-order valence-corrected chi connectivity index (χ1v) is 6.39. The van der Waals surface area contributed by atoms with Crippen LogP contribution in [-0.2, 0) is 0 Å². The zero-order valence-corrected chi connectivity index (χ0v) is 10.3. The summed E-state index contributed by atoms with van der Waals surface area (Å²) in [6.45, 7) is 2.17. The van der Waals surface area contributed by atoms with Crippen molar-refractivity contribution in [1.29, 1.82) is 0 Å². The second kappa shape index (κ2) is 6.85. The Morgan fingerprint density at radius 3 is 3.00 bits per heavy atom. The maximum atomic E-state index is 11.1. The molecule has 2 nitrogen and oxygen atoms in total. The highest BCUT2D eigenvalue weighted by Gasteiger charge is 2.09. The lowest BCUT2D eigenvalue weighted by Crippen LogP contribution is -1.95. The fourth-order valence-corrected chi connectivity index (χ4v) is 2.38. The van der Waals surface area contributed by atoms with Gasteiger partial charge in [-0.15, -0.1) is 11.8 Å². The van der Waals surface area contributed by atoms with Crippen LogP contribution in [0.25, 0.3) is 0 Å². The molecule has 0 unspecified atom stereocenters. The number of hydrogen-bond acceptors (Lipinski definition) is 3. The van der Waals surface area contributed by atoms with Gasteiger partial charge in [0.05, 0.1) is 5.56 Å². The van der Waals surface area contributed by atoms with E-state index < -0.39 is 5.24 Å². The van der Waals surface area contributed by atoms with E-state index in [2.05, 4.69) is 11.9 Å². The highest BCUT2D eigenvalue weighted by molar-refractivity contribution is 7.99. The van der Waals surface area contributed by atoms with Crippen LogP contribution in [0.3, 0.4) is 0 Å². The number of hydrogen-bond donors (Lipinski definition) is 0. The van der Waals surface area contributed by atoms with Crippen molar-refractivity contribution in [3.63, 3.8) is 0 Å². The first-order valence-electron chi connectivity index (χ1n) is 5.03. The molecule has 15 heavy (non-hydrogen) atoms. The monoisotopic (exact) mass is 243 g/mol. The Morgan fingerprint density at radius 2 is 2.33 bits per heavy atom. The molecule has 1 aromatic heterocycles. The Morgan fingerprint density at radius 1 is 1.53 bits per heavy atom. The molecule has 4 heteroatoms. The summed E-state index contributed by atoms with van der Waals surface area (Å²) in [7, 11) is 0. The second-order valence-electron chi connectivity index (χ2n) is 3.19. The van der Waals surface area contributed by atoms with Crippen molar-refractivity contribution in [2.75, 3.05) is 5.75 Å². The van der Waals surface area contributed by atoms with Crippen LogP contribution < -0.4 is 0 Å². The molecule has 0 aliphatic carbocycles. The fraction of sp³-hybridized carbons (Fsp3) is 0.455. The number of carbonyl (C=O) groups is 1. The summed E-state index contributed by atoms with van der Waals surface area (Å²) in [5.74, 6) is 0.988. The quantitative estimate of drug-likeness (QED) is 0.433. The van der Waals surface area contributed by atoms with E-state index in [-0.39, 0.29) is 0 Å². The van der Waals surface area contributed by atoms with Gasteiger partial charge in [0, 0.05) is 6.20 Å². The second-order valence-corrected chi connectivity index (χ2v) is 4.61. The van der Waals surface area contributed by atoms with Crippen LogP contribution in [0.15, 0.2) is 23.4 Å². The third kappa shape index (κ3) is 4.22. The third-order valence-corrected chi connectivity index (χ3v) is 3.26. The summed E-state index contributed by atoms with van der Waals surface area (Å²) in [5.41, 5.74) is 0.515. The number of rotatable bonds is 6. The molecule has 1 aromatic rings.